The molecule has 0 aliphatic carbocycles. The van der Waals surface area contributed by atoms with E-state index in [9.17, 15) is 10.1 Å². The van der Waals surface area contributed by atoms with E-state index in [0.717, 1.165) is 0 Å². The van der Waals surface area contributed by atoms with Crippen molar-refractivity contribution in [2.45, 2.75) is 0 Å². The van der Waals surface area contributed by atoms with Crippen LogP contribution in [0.15, 0.2) is 78.9 Å². The normalized spacial score (nSPS) is 9.47. The van der Waals surface area contributed by atoms with Crippen molar-refractivity contribution in [3.63, 3.8) is 0 Å². The van der Waals surface area contributed by atoms with Crippen molar-refractivity contribution in [2.24, 2.45) is 0 Å². The summed E-state index contributed by atoms with van der Waals surface area (Å²) in [5, 5.41) is 12.6. The van der Waals surface area contributed by atoms with Crippen LogP contribution < -0.4 is 0 Å². The second kappa shape index (κ2) is 6.31. The molecule has 19 heavy (non-hydrogen) atoms. The van der Waals surface area contributed by atoms with E-state index in [4.69, 9.17) is 0 Å². The van der Waals surface area contributed by atoms with Gasteiger partial charge in [0, 0.05) is 12.1 Å². The van der Waals surface area contributed by atoms with E-state index in [0.29, 0.717) is 0 Å². The third-order valence-electron chi connectivity index (χ3n) is 2.63. The van der Waals surface area contributed by atoms with Crippen LogP contribution in [0.5, 0.6) is 0 Å². The molecule has 3 aromatic carbocycles. The van der Waals surface area contributed by atoms with Gasteiger partial charge in [-0.1, -0.05) is 66.7 Å². The summed E-state index contributed by atoms with van der Waals surface area (Å²) in [4.78, 5) is 9.59. The van der Waals surface area contributed by atoms with Crippen LogP contribution in [-0.4, -0.2) is 4.92 Å². The highest BCUT2D eigenvalue weighted by atomic mass is 16.6. The Morgan fingerprint density at radius 1 is 0.632 bits per heavy atom. The standard InChI is InChI=1S/C10H8.C6H5NO2/c1-2-6-10-8-4-3-7-9(10)5-1;8-7(9)6-4-2-1-3-5-6/h1-8H;1-5H. The highest BCUT2D eigenvalue weighted by Gasteiger charge is 1.98. The minimum absolute atomic E-state index is 0.137. The van der Waals surface area contributed by atoms with E-state index in [2.05, 4.69) is 48.5 Å². The first-order chi connectivity index (χ1) is 9.27. The maximum Gasteiger partial charge on any atom is 0.269 e. The van der Waals surface area contributed by atoms with Gasteiger partial charge in [0.1, 0.15) is 0 Å². The predicted octanol–water partition coefficient (Wildman–Crippen LogP) is 4.43. The van der Waals surface area contributed by atoms with Gasteiger partial charge < -0.3 is 0 Å². The smallest absolute Gasteiger partial charge is 0.258 e. The van der Waals surface area contributed by atoms with Gasteiger partial charge in [-0.3, -0.25) is 10.1 Å². The van der Waals surface area contributed by atoms with Crippen molar-refractivity contribution < 1.29 is 4.92 Å². The molecule has 0 atom stereocenters. The molecule has 0 aromatic heterocycles. The molecule has 0 N–H and O–H groups in total. The topological polar surface area (TPSA) is 43.1 Å². The quantitative estimate of drug-likeness (QED) is 0.474. The fourth-order valence-electron chi connectivity index (χ4n) is 1.68. The molecule has 0 aliphatic heterocycles. The number of para-hydroxylation sites is 1. The van der Waals surface area contributed by atoms with Crippen LogP contribution in [0.3, 0.4) is 0 Å². The van der Waals surface area contributed by atoms with E-state index in [-0.39, 0.29) is 5.69 Å². The average Bonchev–Trinajstić information content (AvgIpc) is 2.49. The third-order valence-corrected chi connectivity index (χ3v) is 2.63. The summed E-state index contributed by atoms with van der Waals surface area (Å²) >= 11 is 0. The van der Waals surface area contributed by atoms with E-state index >= 15 is 0 Å². The van der Waals surface area contributed by atoms with E-state index < -0.39 is 4.92 Å². The molecule has 0 heterocycles. The van der Waals surface area contributed by atoms with Gasteiger partial charge in [-0.15, -0.1) is 0 Å². The van der Waals surface area contributed by atoms with Crippen LogP contribution in [0.1, 0.15) is 0 Å². The number of nitro groups is 1. The number of non-ortho nitro benzene ring substituents is 1. The maximum absolute atomic E-state index is 10.0. The monoisotopic (exact) mass is 251 g/mol. The average molecular weight is 251 g/mol. The van der Waals surface area contributed by atoms with Crippen molar-refractivity contribution >= 4 is 16.5 Å². The second-order valence-electron chi connectivity index (χ2n) is 3.94. The lowest BCUT2D eigenvalue weighted by Gasteiger charge is -1.92. The Morgan fingerprint density at radius 2 is 1.00 bits per heavy atom. The number of fused-ring (bicyclic) bond motifs is 1. The number of nitro benzene ring substituents is 1. The second-order valence-corrected chi connectivity index (χ2v) is 3.94. The van der Waals surface area contributed by atoms with Gasteiger partial charge >= 0.3 is 0 Å². The summed E-state index contributed by atoms with van der Waals surface area (Å²) < 4.78 is 0. The Morgan fingerprint density at radius 3 is 1.32 bits per heavy atom. The molecule has 0 saturated heterocycles. The van der Waals surface area contributed by atoms with Gasteiger partial charge in [-0.2, -0.15) is 0 Å². The third kappa shape index (κ3) is 3.64. The number of hydrogen-bond acceptors (Lipinski definition) is 2. The lowest BCUT2D eigenvalue weighted by atomic mass is 10.1. The Kier molecular flexibility index (Phi) is 4.24. The molecule has 3 rings (SSSR count). The van der Waals surface area contributed by atoms with Crippen LogP contribution in [0.2, 0.25) is 0 Å². The van der Waals surface area contributed by atoms with Gasteiger partial charge in [0.15, 0.2) is 0 Å². The molecule has 3 aromatic rings. The molecule has 0 aliphatic rings. The first-order valence-electron chi connectivity index (χ1n) is 5.90. The van der Waals surface area contributed by atoms with E-state index in [1.54, 1.807) is 18.2 Å². The number of benzene rings is 3. The highest BCUT2D eigenvalue weighted by molar-refractivity contribution is 5.81. The summed E-state index contributed by atoms with van der Waals surface area (Å²) in [6.45, 7) is 0. The minimum Gasteiger partial charge on any atom is -0.258 e. The molecule has 94 valence electrons. The summed E-state index contributed by atoms with van der Waals surface area (Å²) in [6.07, 6.45) is 0. The zero-order valence-electron chi connectivity index (χ0n) is 10.3. The lowest BCUT2D eigenvalue weighted by Crippen LogP contribution is -1.84. The largest absolute Gasteiger partial charge is 0.269 e. The molecule has 3 heteroatoms. The van der Waals surface area contributed by atoms with Gasteiger partial charge in [0.25, 0.3) is 5.69 Å². The summed E-state index contributed by atoms with van der Waals surface area (Å²) in [7, 11) is 0. The van der Waals surface area contributed by atoms with E-state index in [1.807, 2.05) is 0 Å². The molecular weight excluding hydrogens is 238 g/mol. The molecule has 0 amide bonds. The fraction of sp³-hybridized carbons (Fsp3) is 0. The molecule has 3 nitrogen and oxygen atoms in total. The molecule has 0 saturated carbocycles. The van der Waals surface area contributed by atoms with Crippen molar-refractivity contribution in [3.8, 4) is 0 Å². The van der Waals surface area contributed by atoms with Crippen LogP contribution in [-0.2, 0) is 0 Å². The summed E-state index contributed by atoms with van der Waals surface area (Å²) in [5.41, 5.74) is 0.137. The molecule has 0 spiro atoms. The summed E-state index contributed by atoms with van der Waals surface area (Å²) in [5.74, 6) is 0. The Bertz CT molecular complexity index is 600. The van der Waals surface area contributed by atoms with Gasteiger partial charge in [-0.25, -0.2) is 0 Å². The van der Waals surface area contributed by atoms with Crippen molar-refractivity contribution in [3.05, 3.63) is 89.0 Å². The van der Waals surface area contributed by atoms with Crippen LogP contribution in [0.4, 0.5) is 5.69 Å². The van der Waals surface area contributed by atoms with Crippen LogP contribution >= 0.6 is 0 Å². The maximum atomic E-state index is 10.0. The Balaban J connectivity index is 0.000000141. The minimum atomic E-state index is -0.417. The van der Waals surface area contributed by atoms with Gasteiger partial charge in [0.05, 0.1) is 4.92 Å². The Labute approximate surface area is 111 Å². The number of hydrogen-bond donors (Lipinski definition) is 0. The Hall–Kier alpha value is -2.68. The molecular formula is C16H13NO2. The first kappa shape index (κ1) is 12.8. The van der Waals surface area contributed by atoms with Crippen LogP contribution in [0, 0.1) is 10.1 Å². The number of rotatable bonds is 1. The van der Waals surface area contributed by atoms with Gasteiger partial charge in [-0.05, 0) is 10.8 Å². The predicted molar refractivity (Wildman–Crippen MR) is 77.0 cm³/mol. The fourth-order valence-corrected chi connectivity index (χ4v) is 1.68. The van der Waals surface area contributed by atoms with Crippen LogP contribution in [0.25, 0.3) is 10.8 Å². The molecule has 0 radical (unpaired) electrons. The van der Waals surface area contributed by atoms with E-state index in [1.165, 1.54) is 22.9 Å². The van der Waals surface area contributed by atoms with Crippen molar-refractivity contribution in [1.29, 1.82) is 0 Å². The highest BCUT2D eigenvalue weighted by Crippen LogP contribution is 2.11. The zero-order chi connectivity index (χ0) is 13.5. The summed E-state index contributed by atoms with van der Waals surface area (Å²) in [6, 6.07) is 24.6. The van der Waals surface area contributed by atoms with Crippen molar-refractivity contribution in [2.75, 3.05) is 0 Å². The molecule has 0 unspecified atom stereocenters. The zero-order valence-corrected chi connectivity index (χ0v) is 10.3. The molecule has 0 fully saturated rings. The SMILES string of the molecule is O=[N+]([O-])c1ccccc1.c1ccc2ccccc2c1. The van der Waals surface area contributed by atoms with Crippen molar-refractivity contribution in [1.82, 2.24) is 0 Å². The number of nitrogens with zero attached hydrogens (tertiary/aromatic N) is 1. The first-order valence-corrected chi connectivity index (χ1v) is 5.90. The van der Waals surface area contributed by atoms with Gasteiger partial charge in [0.2, 0.25) is 0 Å². The molecule has 0 bridgehead atoms. The lowest BCUT2D eigenvalue weighted by molar-refractivity contribution is -0.384.